The Morgan fingerprint density at radius 1 is 1.08 bits per heavy atom. The number of methoxy groups -OCH3 is 1. The molecule has 0 fully saturated rings. The molecule has 0 aromatic heterocycles. The first-order valence-corrected chi connectivity index (χ1v) is 8.80. The van der Waals surface area contributed by atoms with Crippen molar-refractivity contribution in [3.63, 3.8) is 0 Å². The van der Waals surface area contributed by atoms with Gasteiger partial charge in [-0.05, 0) is 42.2 Å². The Labute approximate surface area is 155 Å². The van der Waals surface area contributed by atoms with Crippen LogP contribution in [0.15, 0.2) is 48.5 Å². The molecule has 138 valence electrons. The number of para-hydroxylation sites is 1. The summed E-state index contributed by atoms with van der Waals surface area (Å²) in [4.78, 5) is 25.9. The highest BCUT2D eigenvalue weighted by atomic mass is 16.5. The van der Waals surface area contributed by atoms with Crippen molar-refractivity contribution in [1.29, 1.82) is 0 Å². The van der Waals surface area contributed by atoms with E-state index in [1.165, 1.54) is 11.8 Å². The van der Waals surface area contributed by atoms with Gasteiger partial charge in [0.1, 0.15) is 12.3 Å². The number of hydrogen-bond acceptors (Lipinski definition) is 3. The van der Waals surface area contributed by atoms with Crippen LogP contribution in [-0.2, 0) is 22.4 Å². The van der Waals surface area contributed by atoms with E-state index in [1.54, 1.807) is 7.11 Å². The third kappa shape index (κ3) is 5.34. The minimum Gasteiger partial charge on any atom is -0.497 e. The molecule has 0 aliphatic carbocycles. The van der Waals surface area contributed by atoms with Gasteiger partial charge in [-0.25, -0.2) is 0 Å². The predicted octanol–water partition coefficient (Wildman–Crippen LogP) is 2.97. The van der Waals surface area contributed by atoms with Crippen LogP contribution in [0.25, 0.3) is 0 Å². The molecule has 0 radical (unpaired) electrons. The van der Waals surface area contributed by atoms with E-state index in [1.807, 2.05) is 55.5 Å². The van der Waals surface area contributed by atoms with Gasteiger partial charge in [0, 0.05) is 19.2 Å². The van der Waals surface area contributed by atoms with Crippen molar-refractivity contribution < 1.29 is 14.3 Å². The second-order valence-electron chi connectivity index (χ2n) is 6.04. The highest BCUT2D eigenvalue weighted by Crippen LogP contribution is 2.21. The van der Waals surface area contributed by atoms with Gasteiger partial charge >= 0.3 is 0 Å². The topological polar surface area (TPSA) is 58.6 Å². The average molecular weight is 354 g/mol. The third-order valence-electron chi connectivity index (χ3n) is 4.24. The van der Waals surface area contributed by atoms with E-state index in [9.17, 15) is 9.59 Å². The molecule has 26 heavy (non-hydrogen) atoms. The number of carbonyl (C=O) groups excluding carboxylic acids is 2. The second-order valence-corrected chi connectivity index (χ2v) is 6.04. The maximum absolute atomic E-state index is 12.3. The molecular weight excluding hydrogens is 328 g/mol. The summed E-state index contributed by atoms with van der Waals surface area (Å²) in [6.45, 7) is 4.06. The van der Waals surface area contributed by atoms with E-state index in [4.69, 9.17) is 4.74 Å². The number of nitrogens with zero attached hydrogens (tertiary/aromatic N) is 1. The van der Waals surface area contributed by atoms with Crippen LogP contribution in [-0.4, -0.2) is 32.0 Å². The Morgan fingerprint density at radius 2 is 1.77 bits per heavy atom. The minimum atomic E-state index is -0.167. The number of ether oxygens (including phenoxy) is 1. The molecule has 0 saturated heterocycles. The molecule has 5 nitrogen and oxygen atoms in total. The van der Waals surface area contributed by atoms with Crippen molar-refractivity contribution in [2.45, 2.75) is 26.7 Å². The van der Waals surface area contributed by atoms with Crippen molar-refractivity contribution in [2.75, 3.05) is 25.1 Å². The number of amides is 2. The van der Waals surface area contributed by atoms with Crippen LogP contribution in [0.5, 0.6) is 5.75 Å². The van der Waals surface area contributed by atoms with E-state index in [0.29, 0.717) is 6.54 Å². The molecule has 2 rings (SSSR count). The van der Waals surface area contributed by atoms with Gasteiger partial charge in [0.15, 0.2) is 0 Å². The molecule has 0 unspecified atom stereocenters. The Balaban J connectivity index is 1.92. The summed E-state index contributed by atoms with van der Waals surface area (Å²) in [6, 6.07) is 15.4. The zero-order chi connectivity index (χ0) is 18.9. The van der Waals surface area contributed by atoms with Gasteiger partial charge in [-0.3, -0.25) is 9.59 Å². The van der Waals surface area contributed by atoms with Crippen LogP contribution in [0.4, 0.5) is 5.69 Å². The van der Waals surface area contributed by atoms with E-state index >= 15 is 0 Å². The largest absolute Gasteiger partial charge is 0.497 e. The summed E-state index contributed by atoms with van der Waals surface area (Å²) in [5.41, 5.74) is 2.97. The van der Waals surface area contributed by atoms with Crippen molar-refractivity contribution >= 4 is 17.5 Å². The number of hydrogen-bond donors (Lipinski definition) is 1. The van der Waals surface area contributed by atoms with Gasteiger partial charge in [-0.15, -0.1) is 0 Å². The number of benzene rings is 2. The standard InChI is InChI=1S/C21H26N2O3/c1-4-18-7-5-6-8-20(18)23(16(2)24)15-21(25)22-14-13-17-9-11-19(26-3)12-10-17/h5-12H,4,13-15H2,1-3H3,(H,22,25). The smallest absolute Gasteiger partial charge is 0.240 e. The third-order valence-corrected chi connectivity index (χ3v) is 4.24. The highest BCUT2D eigenvalue weighted by Gasteiger charge is 2.17. The molecule has 5 heteroatoms. The zero-order valence-electron chi connectivity index (χ0n) is 15.6. The summed E-state index contributed by atoms with van der Waals surface area (Å²) in [5, 5.41) is 2.89. The molecule has 0 atom stereocenters. The molecule has 0 saturated carbocycles. The molecular formula is C21H26N2O3. The van der Waals surface area contributed by atoms with Crippen LogP contribution in [0, 0.1) is 0 Å². The van der Waals surface area contributed by atoms with Crippen molar-refractivity contribution in [1.82, 2.24) is 5.32 Å². The lowest BCUT2D eigenvalue weighted by molar-refractivity contribution is -0.123. The van der Waals surface area contributed by atoms with Gasteiger partial charge < -0.3 is 15.0 Å². The molecule has 1 N–H and O–H groups in total. The molecule has 0 aliphatic rings. The maximum Gasteiger partial charge on any atom is 0.240 e. The van der Waals surface area contributed by atoms with Crippen LogP contribution >= 0.6 is 0 Å². The van der Waals surface area contributed by atoms with Crippen LogP contribution in [0.2, 0.25) is 0 Å². The van der Waals surface area contributed by atoms with Gasteiger partial charge in [0.2, 0.25) is 11.8 Å². The zero-order valence-corrected chi connectivity index (χ0v) is 15.6. The first-order valence-electron chi connectivity index (χ1n) is 8.80. The van der Waals surface area contributed by atoms with Gasteiger partial charge in [0.25, 0.3) is 0 Å². The number of anilines is 1. The fourth-order valence-corrected chi connectivity index (χ4v) is 2.78. The van der Waals surface area contributed by atoms with E-state index < -0.39 is 0 Å². The number of carbonyl (C=O) groups is 2. The van der Waals surface area contributed by atoms with Gasteiger partial charge in [0.05, 0.1) is 7.11 Å². The van der Waals surface area contributed by atoms with Crippen molar-refractivity contribution in [3.05, 3.63) is 59.7 Å². The maximum atomic E-state index is 12.3. The monoisotopic (exact) mass is 354 g/mol. The molecule has 2 aromatic rings. The lowest BCUT2D eigenvalue weighted by Crippen LogP contribution is -2.40. The molecule has 0 heterocycles. The van der Waals surface area contributed by atoms with Crippen LogP contribution in [0.1, 0.15) is 25.0 Å². The molecule has 0 aliphatic heterocycles. The van der Waals surface area contributed by atoms with Crippen molar-refractivity contribution in [2.24, 2.45) is 0 Å². The normalized spacial score (nSPS) is 10.3. The van der Waals surface area contributed by atoms with E-state index in [-0.39, 0.29) is 18.4 Å². The fourth-order valence-electron chi connectivity index (χ4n) is 2.78. The number of nitrogens with one attached hydrogen (secondary N) is 1. The Kier molecular flexibility index (Phi) is 7.21. The summed E-state index contributed by atoms with van der Waals surface area (Å²) >= 11 is 0. The lowest BCUT2D eigenvalue weighted by Gasteiger charge is -2.23. The molecule has 2 amide bonds. The summed E-state index contributed by atoms with van der Waals surface area (Å²) in [7, 11) is 1.63. The highest BCUT2D eigenvalue weighted by molar-refractivity contribution is 5.98. The quantitative estimate of drug-likeness (QED) is 0.793. The van der Waals surface area contributed by atoms with Gasteiger partial charge in [-0.2, -0.15) is 0 Å². The minimum absolute atomic E-state index is 0.0228. The van der Waals surface area contributed by atoms with E-state index in [2.05, 4.69) is 5.32 Å². The first kappa shape index (κ1) is 19.5. The fraction of sp³-hybridized carbons (Fsp3) is 0.333. The Hall–Kier alpha value is -2.82. The predicted molar refractivity (Wildman–Crippen MR) is 104 cm³/mol. The number of rotatable bonds is 8. The summed E-state index contributed by atoms with van der Waals surface area (Å²) < 4.78 is 5.13. The van der Waals surface area contributed by atoms with Gasteiger partial charge in [-0.1, -0.05) is 37.3 Å². The molecule has 0 bridgehead atoms. The van der Waals surface area contributed by atoms with E-state index in [0.717, 1.165) is 35.4 Å². The first-order chi connectivity index (χ1) is 12.5. The Bertz CT molecular complexity index is 741. The lowest BCUT2D eigenvalue weighted by atomic mass is 10.1. The van der Waals surface area contributed by atoms with Crippen LogP contribution in [0.3, 0.4) is 0 Å². The van der Waals surface area contributed by atoms with Crippen molar-refractivity contribution in [3.8, 4) is 5.75 Å². The summed E-state index contributed by atoms with van der Waals surface area (Å²) in [5.74, 6) is 0.500. The average Bonchev–Trinajstić information content (AvgIpc) is 2.66. The van der Waals surface area contributed by atoms with Crippen LogP contribution < -0.4 is 15.0 Å². The summed E-state index contributed by atoms with van der Waals surface area (Å²) in [6.07, 6.45) is 1.53. The molecule has 2 aromatic carbocycles. The Morgan fingerprint density at radius 3 is 2.38 bits per heavy atom. The number of aryl methyl sites for hydroxylation is 1. The second kappa shape index (κ2) is 9.61. The molecule has 0 spiro atoms. The SMILES string of the molecule is CCc1ccccc1N(CC(=O)NCCc1ccc(OC)cc1)C(C)=O.